The zero-order valence-corrected chi connectivity index (χ0v) is 25.1. The van der Waals surface area contributed by atoms with E-state index in [1.54, 1.807) is 7.11 Å². The molecule has 41 heavy (non-hydrogen) atoms. The first-order valence-electron chi connectivity index (χ1n) is 14.3. The third-order valence-corrected chi connectivity index (χ3v) is 8.91. The third kappa shape index (κ3) is 5.38. The van der Waals surface area contributed by atoms with Gasteiger partial charge in [0, 0.05) is 47.8 Å². The normalized spacial score (nSPS) is 17.5. The minimum absolute atomic E-state index is 0.133. The minimum Gasteiger partial charge on any atom is -0.493 e. The van der Waals surface area contributed by atoms with Gasteiger partial charge in [0.05, 0.1) is 11.6 Å². The summed E-state index contributed by atoms with van der Waals surface area (Å²) in [6.07, 6.45) is 4.30. The van der Waals surface area contributed by atoms with E-state index < -0.39 is 5.92 Å². The molecule has 210 valence electrons. The maximum Gasteiger partial charge on any atom is 0.175 e. The lowest BCUT2D eigenvalue weighted by atomic mass is 9.71. The zero-order chi connectivity index (χ0) is 28.5. The van der Waals surface area contributed by atoms with Crippen LogP contribution in [-0.2, 0) is 22.7 Å². The van der Waals surface area contributed by atoms with E-state index in [4.69, 9.17) is 9.47 Å². The van der Waals surface area contributed by atoms with E-state index >= 15 is 0 Å². The Balaban J connectivity index is 1.44. The minimum atomic E-state index is -0.413. The summed E-state index contributed by atoms with van der Waals surface area (Å²) in [4.78, 5) is 29.7. The zero-order valence-electron chi connectivity index (χ0n) is 23.5. The van der Waals surface area contributed by atoms with E-state index in [1.165, 1.54) is 11.1 Å². The molecule has 0 amide bonds. The van der Waals surface area contributed by atoms with Crippen molar-refractivity contribution >= 4 is 27.5 Å². The van der Waals surface area contributed by atoms with Gasteiger partial charge in [0.1, 0.15) is 6.61 Å². The Hall–Kier alpha value is -3.64. The molecule has 6 heteroatoms. The number of hydrogen-bond donors (Lipinski definition) is 0. The highest BCUT2D eigenvalue weighted by Crippen LogP contribution is 2.51. The van der Waals surface area contributed by atoms with Gasteiger partial charge in [-0.2, -0.15) is 0 Å². The van der Waals surface area contributed by atoms with Crippen LogP contribution in [0.15, 0.2) is 93.7 Å². The molecule has 6 rings (SSSR count). The fraction of sp³-hybridized carbons (Fsp3) is 0.314. The molecule has 0 aromatic heterocycles. The monoisotopic (exact) mass is 611 g/mol. The molecule has 0 bridgehead atoms. The van der Waals surface area contributed by atoms with Crippen molar-refractivity contribution in [3.05, 3.63) is 116 Å². The first kappa shape index (κ1) is 27.5. The van der Waals surface area contributed by atoms with Crippen molar-refractivity contribution in [1.82, 2.24) is 4.90 Å². The number of nitrogens with zero attached hydrogens (tertiary/aromatic N) is 1. The summed E-state index contributed by atoms with van der Waals surface area (Å²) in [5.41, 5.74) is 7.96. The lowest BCUT2D eigenvalue weighted by Crippen LogP contribution is -2.38. The predicted octanol–water partition coefficient (Wildman–Crippen LogP) is 7.96. The second-order valence-corrected chi connectivity index (χ2v) is 11.9. The fourth-order valence-electron chi connectivity index (χ4n) is 6.51. The van der Waals surface area contributed by atoms with Crippen LogP contribution in [0.25, 0.3) is 0 Å². The van der Waals surface area contributed by atoms with E-state index in [2.05, 4.69) is 52.0 Å². The molecule has 0 fully saturated rings. The van der Waals surface area contributed by atoms with Crippen molar-refractivity contribution in [2.45, 2.75) is 64.5 Å². The molecule has 0 unspecified atom stereocenters. The van der Waals surface area contributed by atoms with Crippen molar-refractivity contribution in [3.8, 4) is 11.5 Å². The summed E-state index contributed by atoms with van der Waals surface area (Å²) < 4.78 is 12.8. The SMILES string of the molecule is COc1cc(C2C3=C(CCCC3=O)N(Cc3ccccc3)C3=C2C(=O)CCC3)cc(Br)c1OCc1cccc(C)c1. The predicted molar refractivity (Wildman–Crippen MR) is 163 cm³/mol. The van der Waals surface area contributed by atoms with E-state index in [9.17, 15) is 9.59 Å². The molecule has 5 nitrogen and oxygen atoms in total. The molecule has 3 aliphatic rings. The highest BCUT2D eigenvalue weighted by molar-refractivity contribution is 9.10. The topological polar surface area (TPSA) is 55.8 Å². The van der Waals surface area contributed by atoms with Crippen LogP contribution < -0.4 is 9.47 Å². The summed E-state index contributed by atoms with van der Waals surface area (Å²) in [5, 5.41) is 0. The quantitative estimate of drug-likeness (QED) is 0.271. The van der Waals surface area contributed by atoms with Crippen LogP contribution in [0.3, 0.4) is 0 Å². The van der Waals surface area contributed by atoms with Gasteiger partial charge in [-0.15, -0.1) is 0 Å². The van der Waals surface area contributed by atoms with E-state index in [0.717, 1.165) is 63.8 Å². The number of aryl methyl sites for hydroxylation is 1. The van der Waals surface area contributed by atoms with Crippen molar-refractivity contribution < 1.29 is 19.1 Å². The standard InChI is InChI=1S/C35H34BrNO4/c1-22-9-6-12-24(17-22)21-41-35-26(36)18-25(19-31(35)40-2)32-33-27(13-7-15-29(33)38)37(20-23-10-4-3-5-11-23)28-14-8-16-30(39)34(28)32/h3-6,9-12,17-19,32H,7-8,13-16,20-21H2,1-2H3. The summed E-state index contributed by atoms with van der Waals surface area (Å²) in [7, 11) is 1.63. The maximum absolute atomic E-state index is 13.7. The Morgan fingerprint density at radius 1 is 0.829 bits per heavy atom. The molecule has 0 N–H and O–H groups in total. The number of ether oxygens (including phenoxy) is 2. The van der Waals surface area contributed by atoms with Gasteiger partial charge >= 0.3 is 0 Å². The van der Waals surface area contributed by atoms with E-state index in [0.29, 0.717) is 37.5 Å². The first-order valence-corrected chi connectivity index (χ1v) is 15.1. The molecular weight excluding hydrogens is 578 g/mol. The molecule has 0 radical (unpaired) electrons. The summed E-state index contributed by atoms with van der Waals surface area (Å²) in [5.74, 6) is 1.03. The van der Waals surface area contributed by atoms with Crippen LogP contribution >= 0.6 is 15.9 Å². The van der Waals surface area contributed by atoms with Crippen molar-refractivity contribution in [3.63, 3.8) is 0 Å². The number of ketones is 2. The summed E-state index contributed by atoms with van der Waals surface area (Å²) in [6, 6.07) is 22.5. The molecule has 0 atom stereocenters. The Bertz CT molecular complexity index is 1530. The molecule has 1 aliphatic heterocycles. The second-order valence-electron chi connectivity index (χ2n) is 11.1. The lowest BCUT2D eigenvalue weighted by Gasteiger charge is -2.44. The van der Waals surface area contributed by atoms with Crippen molar-refractivity contribution in [2.24, 2.45) is 0 Å². The average Bonchev–Trinajstić information content (AvgIpc) is 2.97. The van der Waals surface area contributed by atoms with Gasteiger partial charge in [-0.1, -0.05) is 60.2 Å². The smallest absolute Gasteiger partial charge is 0.175 e. The van der Waals surface area contributed by atoms with Crippen LogP contribution in [-0.4, -0.2) is 23.6 Å². The maximum atomic E-state index is 13.7. The summed E-state index contributed by atoms with van der Waals surface area (Å²) >= 11 is 3.74. The number of rotatable bonds is 7. The van der Waals surface area contributed by atoms with Crippen LogP contribution in [0.4, 0.5) is 0 Å². The van der Waals surface area contributed by atoms with Gasteiger partial charge in [0.2, 0.25) is 0 Å². The van der Waals surface area contributed by atoms with Gasteiger partial charge in [-0.3, -0.25) is 9.59 Å². The van der Waals surface area contributed by atoms with E-state index in [1.807, 2.05) is 42.5 Å². The molecule has 1 heterocycles. The number of halogens is 1. The van der Waals surface area contributed by atoms with Crippen molar-refractivity contribution in [1.29, 1.82) is 0 Å². The highest BCUT2D eigenvalue weighted by Gasteiger charge is 2.43. The number of methoxy groups -OCH3 is 1. The number of carbonyl (C=O) groups excluding carboxylic acids is 2. The second kappa shape index (κ2) is 11.7. The lowest BCUT2D eigenvalue weighted by molar-refractivity contribution is -0.117. The van der Waals surface area contributed by atoms with Crippen LogP contribution in [0.1, 0.15) is 66.7 Å². The molecule has 0 saturated heterocycles. The molecule has 2 aliphatic carbocycles. The molecular formula is C35H34BrNO4. The molecule has 0 saturated carbocycles. The van der Waals surface area contributed by atoms with Crippen LogP contribution in [0.2, 0.25) is 0 Å². The Morgan fingerprint density at radius 2 is 1.49 bits per heavy atom. The van der Waals surface area contributed by atoms with Gasteiger partial charge in [-0.05, 0) is 77.4 Å². The summed E-state index contributed by atoms with van der Waals surface area (Å²) in [6.45, 7) is 3.12. The first-order chi connectivity index (χ1) is 19.9. The number of carbonyl (C=O) groups is 2. The average molecular weight is 613 g/mol. The number of allylic oxidation sites excluding steroid dienone is 4. The van der Waals surface area contributed by atoms with Crippen LogP contribution in [0.5, 0.6) is 11.5 Å². The Kier molecular flexibility index (Phi) is 7.85. The van der Waals surface area contributed by atoms with Crippen LogP contribution in [0, 0.1) is 6.92 Å². The molecule has 3 aromatic carbocycles. The fourth-order valence-corrected chi connectivity index (χ4v) is 7.08. The molecule has 0 spiro atoms. The number of hydrogen-bond acceptors (Lipinski definition) is 5. The van der Waals surface area contributed by atoms with Gasteiger partial charge in [-0.25, -0.2) is 0 Å². The van der Waals surface area contributed by atoms with E-state index in [-0.39, 0.29) is 11.6 Å². The molecule has 3 aromatic rings. The van der Waals surface area contributed by atoms with Crippen molar-refractivity contribution in [2.75, 3.05) is 7.11 Å². The Morgan fingerprint density at radius 3 is 2.12 bits per heavy atom. The third-order valence-electron chi connectivity index (χ3n) is 8.32. The number of Topliss-reactive ketones (excluding diaryl/α,β-unsaturated/α-hetero) is 2. The number of benzene rings is 3. The Labute approximate surface area is 250 Å². The van der Waals surface area contributed by atoms with Gasteiger partial charge in [0.15, 0.2) is 23.1 Å². The van der Waals surface area contributed by atoms with Gasteiger partial charge < -0.3 is 14.4 Å². The van der Waals surface area contributed by atoms with Gasteiger partial charge in [0.25, 0.3) is 0 Å². The highest BCUT2D eigenvalue weighted by atomic mass is 79.9. The largest absolute Gasteiger partial charge is 0.493 e.